The topological polar surface area (TPSA) is 175 Å². The van der Waals surface area contributed by atoms with Crippen molar-refractivity contribution in [1.29, 1.82) is 0 Å². The molecule has 2 rings (SSSR count). The monoisotopic (exact) mass is 790 g/mol. The summed E-state index contributed by atoms with van der Waals surface area (Å²) in [5, 5.41) is 11.4. The molecule has 1 amide bonds. The second-order valence-corrected chi connectivity index (χ2v) is 18.7. The van der Waals surface area contributed by atoms with Gasteiger partial charge in [-0.2, -0.15) is 0 Å². The predicted molar refractivity (Wildman–Crippen MR) is 211 cm³/mol. The number of amides is 1. The van der Waals surface area contributed by atoms with Crippen molar-refractivity contribution in [1.82, 2.24) is 14.7 Å². The molecule has 0 aromatic heterocycles. The summed E-state index contributed by atoms with van der Waals surface area (Å²) in [5.41, 5.74) is -3.22. The minimum absolute atomic E-state index is 0.00926. The van der Waals surface area contributed by atoms with Crippen LogP contribution in [0.25, 0.3) is 0 Å². The molecule has 0 spiro atoms. The lowest BCUT2D eigenvalue weighted by atomic mass is 9.68. The zero-order chi connectivity index (χ0) is 42.9. The first-order valence-corrected chi connectivity index (χ1v) is 19.3. The normalized spacial score (nSPS) is 15.1. The molecule has 316 valence electrons. The van der Waals surface area contributed by atoms with E-state index in [0.717, 1.165) is 6.42 Å². The number of nitro benzene ring substituents is 1. The van der Waals surface area contributed by atoms with E-state index in [1.54, 1.807) is 105 Å². The van der Waals surface area contributed by atoms with Crippen molar-refractivity contribution in [2.75, 3.05) is 45.8 Å². The minimum atomic E-state index is -1.09. The molecule has 0 radical (unpaired) electrons. The number of benzene rings is 1. The van der Waals surface area contributed by atoms with Gasteiger partial charge in [0.1, 0.15) is 22.4 Å². The average molecular weight is 791 g/mol. The summed E-state index contributed by atoms with van der Waals surface area (Å²) in [7, 11) is 0. The van der Waals surface area contributed by atoms with Crippen LogP contribution in [-0.4, -0.2) is 124 Å². The number of likely N-dealkylation sites (N-methyl/N-ethyl adjacent to an activating group) is 1. The Morgan fingerprint density at radius 3 is 1.39 bits per heavy atom. The number of nitrogens with zero attached hydrogens (tertiary/aromatic N) is 4. The number of rotatable bonds is 18. The summed E-state index contributed by atoms with van der Waals surface area (Å²) in [4.78, 5) is 83.4. The van der Waals surface area contributed by atoms with Crippen molar-refractivity contribution in [3.8, 4) is 0 Å². The summed E-state index contributed by atoms with van der Waals surface area (Å²) >= 11 is 0. The van der Waals surface area contributed by atoms with E-state index in [9.17, 15) is 34.1 Å². The highest BCUT2D eigenvalue weighted by Crippen LogP contribution is 2.42. The summed E-state index contributed by atoms with van der Waals surface area (Å²) in [6.45, 7) is 22.4. The molecule has 0 N–H and O–H groups in total. The first kappa shape index (κ1) is 48.0. The fourth-order valence-electron chi connectivity index (χ4n) is 6.46. The van der Waals surface area contributed by atoms with Crippen LogP contribution in [0.15, 0.2) is 24.3 Å². The Bertz CT molecular complexity index is 1470. The largest absolute Gasteiger partial charge is 0.459 e. The molecule has 56 heavy (non-hydrogen) atoms. The Morgan fingerprint density at radius 2 is 1.07 bits per heavy atom. The summed E-state index contributed by atoms with van der Waals surface area (Å²) < 4.78 is 22.4. The first-order valence-electron chi connectivity index (χ1n) is 19.3. The smallest absolute Gasteiger partial charge is 0.320 e. The lowest BCUT2D eigenvalue weighted by Gasteiger charge is -2.48. The van der Waals surface area contributed by atoms with E-state index in [1.807, 2.05) is 6.92 Å². The van der Waals surface area contributed by atoms with Crippen molar-refractivity contribution < 1.29 is 47.8 Å². The Balaban J connectivity index is 2.57. The van der Waals surface area contributed by atoms with Gasteiger partial charge in [0, 0.05) is 37.2 Å². The van der Waals surface area contributed by atoms with E-state index in [2.05, 4.69) is 0 Å². The van der Waals surface area contributed by atoms with E-state index < -0.39 is 75.8 Å². The molecular weight excluding hydrogens is 724 g/mol. The molecule has 0 bridgehead atoms. The third-order valence-electron chi connectivity index (χ3n) is 8.54. The highest BCUT2D eigenvalue weighted by Gasteiger charge is 2.44. The van der Waals surface area contributed by atoms with Crippen LogP contribution in [0.4, 0.5) is 5.69 Å². The van der Waals surface area contributed by atoms with Gasteiger partial charge in [-0.05, 0) is 115 Å². The van der Waals surface area contributed by atoms with Crippen molar-refractivity contribution in [3.63, 3.8) is 0 Å². The van der Waals surface area contributed by atoms with Crippen LogP contribution in [0.2, 0.25) is 0 Å². The van der Waals surface area contributed by atoms with Crippen LogP contribution in [0.3, 0.4) is 0 Å². The van der Waals surface area contributed by atoms with Gasteiger partial charge in [0.25, 0.3) is 5.69 Å². The zero-order valence-corrected chi connectivity index (χ0v) is 35.9. The van der Waals surface area contributed by atoms with Gasteiger partial charge in [-0.15, -0.1) is 0 Å². The summed E-state index contributed by atoms with van der Waals surface area (Å²) in [6.07, 6.45) is 2.30. The van der Waals surface area contributed by atoms with E-state index in [0.29, 0.717) is 24.9 Å². The van der Waals surface area contributed by atoms with Crippen LogP contribution in [0.1, 0.15) is 115 Å². The van der Waals surface area contributed by atoms with Crippen LogP contribution < -0.4 is 0 Å². The Kier molecular flexibility index (Phi) is 16.6. The lowest BCUT2D eigenvalue weighted by molar-refractivity contribution is -0.384. The van der Waals surface area contributed by atoms with Crippen LogP contribution in [-0.2, 0) is 49.3 Å². The lowest BCUT2D eigenvalue weighted by Crippen LogP contribution is -2.57. The highest BCUT2D eigenvalue weighted by molar-refractivity contribution is 5.85. The average Bonchev–Trinajstić information content (AvgIpc) is 2.96. The number of esters is 4. The fourth-order valence-corrected chi connectivity index (χ4v) is 6.46. The molecule has 1 aromatic rings. The molecule has 0 heterocycles. The van der Waals surface area contributed by atoms with E-state index >= 15 is 0 Å². The molecule has 0 saturated heterocycles. The number of carbonyl (C=O) groups is 5. The van der Waals surface area contributed by atoms with Gasteiger partial charge in [0.15, 0.2) is 0 Å². The predicted octanol–water partition coefficient (Wildman–Crippen LogP) is 5.50. The second kappa shape index (κ2) is 19.4. The van der Waals surface area contributed by atoms with Crippen molar-refractivity contribution in [2.24, 2.45) is 5.41 Å². The van der Waals surface area contributed by atoms with Crippen LogP contribution >= 0.6 is 0 Å². The van der Waals surface area contributed by atoms with E-state index in [1.165, 1.54) is 17.0 Å². The molecule has 1 aliphatic rings. The Labute approximate surface area is 332 Å². The van der Waals surface area contributed by atoms with Gasteiger partial charge in [-0.25, -0.2) is 0 Å². The van der Waals surface area contributed by atoms with Crippen molar-refractivity contribution in [3.05, 3.63) is 39.9 Å². The minimum Gasteiger partial charge on any atom is -0.459 e. The standard InChI is InChI=1S/C41H66N4O11/c1-14-43(28-41(20-15-21-41)27-42(23-32(46)53-37(2,3)4)24-33(47)54-38(5,6)7)36(50)31(22-29-16-18-30(19-17-29)45(51)52)44(25-34(48)55-39(8,9)10)26-35(49)56-40(11,12)13/h16-19,31H,14-15,20-28H2,1-13H3. The fraction of sp³-hybridized carbons (Fsp3) is 0.732. The number of hydrogen-bond acceptors (Lipinski definition) is 13. The third-order valence-corrected chi connectivity index (χ3v) is 8.54. The number of ether oxygens (including phenoxy) is 4. The quantitative estimate of drug-likeness (QED) is 0.0790. The second-order valence-electron chi connectivity index (χ2n) is 18.7. The molecule has 1 aromatic carbocycles. The van der Waals surface area contributed by atoms with Gasteiger partial charge in [-0.3, -0.25) is 43.9 Å². The van der Waals surface area contributed by atoms with Gasteiger partial charge in [0.2, 0.25) is 5.91 Å². The molecule has 15 nitrogen and oxygen atoms in total. The summed E-state index contributed by atoms with van der Waals surface area (Å²) in [6, 6.07) is 4.69. The number of hydrogen-bond donors (Lipinski definition) is 0. The van der Waals surface area contributed by atoms with Gasteiger partial charge < -0.3 is 23.8 Å². The Hall–Kier alpha value is -4.11. The van der Waals surface area contributed by atoms with Crippen molar-refractivity contribution >= 4 is 35.5 Å². The SMILES string of the molecule is CCN(CC1(CN(CC(=O)OC(C)(C)C)CC(=O)OC(C)(C)C)CCC1)C(=O)C(Cc1ccc([N+](=O)[O-])cc1)N(CC(=O)OC(C)(C)C)CC(=O)OC(C)(C)C. The highest BCUT2D eigenvalue weighted by atomic mass is 16.6. The molecule has 1 aliphatic carbocycles. The maximum Gasteiger partial charge on any atom is 0.320 e. The van der Waals surface area contributed by atoms with Gasteiger partial charge in [0.05, 0.1) is 37.1 Å². The van der Waals surface area contributed by atoms with Crippen molar-refractivity contribution in [2.45, 2.75) is 144 Å². The number of carbonyl (C=O) groups excluding carboxylic acids is 5. The molecule has 1 atom stereocenters. The molecular formula is C41H66N4O11. The number of non-ortho nitro benzene ring substituents is 1. The Morgan fingerprint density at radius 1 is 0.679 bits per heavy atom. The maximum absolute atomic E-state index is 14.9. The van der Waals surface area contributed by atoms with Gasteiger partial charge in [-0.1, -0.05) is 18.6 Å². The molecule has 1 fully saturated rings. The molecule has 15 heteroatoms. The first-order chi connectivity index (χ1) is 25.5. The van der Waals surface area contributed by atoms with Gasteiger partial charge >= 0.3 is 23.9 Å². The molecule has 1 saturated carbocycles. The van der Waals surface area contributed by atoms with Crippen LogP contribution in [0, 0.1) is 15.5 Å². The third kappa shape index (κ3) is 17.8. The number of nitro groups is 1. The van der Waals surface area contributed by atoms with Crippen LogP contribution in [0.5, 0.6) is 0 Å². The summed E-state index contributed by atoms with van der Waals surface area (Å²) in [5.74, 6) is -2.68. The molecule has 0 aliphatic heterocycles. The molecule has 1 unspecified atom stereocenters. The van der Waals surface area contributed by atoms with E-state index in [4.69, 9.17) is 18.9 Å². The van der Waals surface area contributed by atoms with E-state index in [-0.39, 0.29) is 44.2 Å². The zero-order valence-electron chi connectivity index (χ0n) is 35.9. The maximum atomic E-state index is 14.9.